The van der Waals surface area contributed by atoms with E-state index < -0.39 is 5.97 Å². The van der Waals surface area contributed by atoms with Crippen LogP contribution in [0.15, 0.2) is 0 Å². The van der Waals surface area contributed by atoms with Gasteiger partial charge in [-0.15, -0.1) is 0 Å². The Hall–Kier alpha value is -1.30. The van der Waals surface area contributed by atoms with Gasteiger partial charge in [0.2, 0.25) is 0 Å². The van der Waals surface area contributed by atoms with Crippen molar-refractivity contribution >= 4 is 12.0 Å². The largest absolute Gasteiger partial charge is 0.481 e. The fourth-order valence-electron chi connectivity index (χ4n) is 1.60. The van der Waals surface area contributed by atoms with Crippen molar-refractivity contribution < 1.29 is 19.4 Å². The van der Waals surface area contributed by atoms with Gasteiger partial charge in [-0.1, -0.05) is 13.3 Å². The zero-order chi connectivity index (χ0) is 13.8. The van der Waals surface area contributed by atoms with E-state index in [-0.39, 0.29) is 12.5 Å². The molecule has 6 nitrogen and oxygen atoms in total. The summed E-state index contributed by atoms with van der Waals surface area (Å²) in [7, 11) is 1.58. The molecule has 0 aromatic carbocycles. The van der Waals surface area contributed by atoms with Crippen LogP contribution >= 0.6 is 0 Å². The number of aliphatic carboxylic acids is 1. The summed E-state index contributed by atoms with van der Waals surface area (Å²) in [6.07, 6.45) is 2.60. The third-order valence-corrected chi connectivity index (χ3v) is 2.77. The zero-order valence-corrected chi connectivity index (χ0v) is 11.2. The van der Waals surface area contributed by atoms with Crippen molar-refractivity contribution in [3.05, 3.63) is 0 Å². The van der Waals surface area contributed by atoms with E-state index in [1.54, 1.807) is 7.11 Å². The molecule has 2 amide bonds. The van der Waals surface area contributed by atoms with Gasteiger partial charge >= 0.3 is 12.0 Å². The van der Waals surface area contributed by atoms with Crippen LogP contribution in [-0.4, -0.2) is 43.9 Å². The number of amides is 2. The minimum atomic E-state index is -0.765. The quantitative estimate of drug-likeness (QED) is 0.515. The van der Waals surface area contributed by atoms with E-state index in [1.807, 2.05) is 6.92 Å². The van der Waals surface area contributed by atoms with Crippen molar-refractivity contribution in [1.82, 2.24) is 10.6 Å². The van der Waals surface area contributed by atoms with Crippen LogP contribution in [0, 0.1) is 5.92 Å². The van der Waals surface area contributed by atoms with E-state index >= 15 is 0 Å². The van der Waals surface area contributed by atoms with Gasteiger partial charge in [-0.3, -0.25) is 4.79 Å². The number of hydrogen-bond donors (Lipinski definition) is 3. The van der Waals surface area contributed by atoms with Gasteiger partial charge in [0, 0.05) is 26.6 Å². The molecule has 0 spiro atoms. The average Bonchev–Trinajstić information content (AvgIpc) is 2.33. The van der Waals surface area contributed by atoms with Crippen LogP contribution in [0.1, 0.15) is 32.6 Å². The molecule has 1 unspecified atom stereocenters. The van der Waals surface area contributed by atoms with Gasteiger partial charge in [-0.25, -0.2) is 4.79 Å². The molecule has 0 aromatic rings. The normalized spacial score (nSPS) is 11.9. The second kappa shape index (κ2) is 10.8. The number of nitrogens with one attached hydrogen (secondary N) is 2. The average molecular weight is 260 g/mol. The van der Waals surface area contributed by atoms with Crippen molar-refractivity contribution in [3.63, 3.8) is 0 Å². The smallest absolute Gasteiger partial charge is 0.314 e. The van der Waals surface area contributed by atoms with Gasteiger partial charge in [0.25, 0.3) is 0 Å². The predicted molar refractivity (Wildman–Crippen MR) is 68.5 cm³/mol. The first-order valence-electron chi connectivity index (χ1n) is 6.32. The molecule has 0 fully saturated rings. The molecular formula is C12H24N2O4. The van der Waals surface area contributed by atoms with Crippen LogP contribution in [0.5, 0.6) is 0 Å². The van der Waals surface area contributed by atoms with E-state index in [0.717, 1.165) is 12.8 Å². The number of carbonyl (C=O) groups excluding carboxylic acids is 1. The fraction of sp³-hybridized carbons (Fsp3) is 0.833. The summed E-state index contributed by atoms with van der Waals surface area (Å²) in [5.74, 6) is -0.418. The van der Waals surface area contributed by atoms with Crippen LogP contribution in [0.2, 0.25) is 0 Å². The van der Waals surface area contributed by atoms with Crippen molar-refractivity contribution in [2.45, 2.75) is 32.6 Å². The Balaban J connectivity index is 3.59. The fourth-order valence-corrected chi connectivity index (χ4v) is 1.60. The summed E-state index contributed by atoms with van der Waals surface area (Å²) in [6, 6.07) is -0.208. The number of carboxylic acid groups (broad SMARTS) is 1. The lowest BCUT2D eigenvalue weighted by atomic mass is 9.97. The van der Waals surface area contributed by atoms with E-state index in [2.05, 4.69) is 10.6 Å². The van der Waals surface area contributed by atoms with Gasteiger partial charge < -0.3 is 20.5 Å². The Kier molecular flexibility index (Phi) is 10.0. The number of rotatable bonds is 10. The monoisotopic (exact) mass is 260 g/mol. The highest BCUT2D eigenvalue weighted by Gasteiger charge is 2.09. The van der Waals surface area contributed by atoms with Crippen LogP contribution < -0.4 is 10.6 Å². The van der Waals surface area contributed by atoms with Crippen molar-refractivity contribution in [1.29, 1.82) is 0 Å². The number of ether oxygens (including phenoxy) is 1. The van der Waals surface area contributed by atoms with Gasteiger partial charge in [0.1, 0.15) is 0 Å². The van der Waals surface area contributed by atoms with Crippen LogP contribution in [-0.2, 0) is 9.53 Å². The molecule has 0 aromatic heterocycles. The van der Waals surface area contributed by atoms with Crippen molar-refractivity contribution in [2.75, 3.05) is 26.8 Å². The maximum Gasteiger partial charge on any atom is 0.314 e. The Bertz CT molecular complexity index is 246. The molecule has 0 aliphatic rings. The minimum absolute atomic E-state index is 0.193. The SMILES string of the molecule is CCC(CCNC(=O)NCCOC)CCC(=O)O. The van der Waals surface area contributed by atoms with Gasteiger partial charge in [0.05, 0.1) is 6.61 Å². The maximum atomic E-state index is 11.3. The molecule has 0 heterocycles. The Morgan fingerprint density at radius 1 is 1.22 bits per heavy atom. The van der Waals surface area contributed by atoms with Crippen molar-refractivity contribution in [3.8, 4) is 0 Å². The minimum Gasteiger partial charge on any atom is -0.481 e. The first-order chi connectivity index (χ1) is 8.60. The Morgan fingerprint density at radius 3 is 2.44 bits per heavy atom. The van der Waals surface area contributed by atoms with Gasteiger partial charge in [-0.2, -0.15) is 0 Å². The van der Waals surface area contributed by atoms with Gasteiger partial charge in [0.15, 0.2) is 0 Å². The summed E-state index contributed by atoms with van der Waals surface area (Å²) < 4.78 is 4.81. The molecule has 0 aliphatic carbocycles. The van der Waals surface area contributed by atoms with Crippen LogP contribution in [0.25, 0.3) is 0 Å². The number of carbonyl (C=O) groups is 2. The Morgan fingerprint density at radius 2 is 1.89 bits per heavy atom. The van der Waals surface area contributed by atoms with E-state index in [9.17, 15) is 9.59 Å². The van der Waals surface area contributed by atoms with E-state index in [1.165, 1.54) is 0 Å². The number of carboxylic acids is 1. The van der Waals surface area contributed by atoms with Gasteiger partial charge in [-0.05, 0) is 18.8 Å². The number of hydrogen-bond acceptors (Lipinski definition) is 3. The van der Waals surface area contributed by atoms with E-state index in [4.69, 9.17) is 9.84 Å². The molecule has 0 saturated carbocycles. The lowest BCUT2D eigenvalue weighted by Crippen LogP contribution is -2.38. The second-order valence-electron chi connectivity index (χ2n) is 4.17. The molecule has 3 N–H and O–H groups in total. The predicted octanol–water partition coefficient (Wildman–Crippen LogP) is 1.21. The first kappa shape index (κ1) is 16.7. The second-order valence-corrected chi connectivity index (χ2v) is 4.17. The number of methoxy groups -OCH3 is 1. The topological polar surface area (TPSA) is 87.7 Å². The number of urea groups is 1. The lowest BCUT2D eigenvalue weighted by molar-refractivity contribution is -0.137. The molecule has 6 heteroatoms. The summed E-state index contributed by atoms with van der Waals surface area (Å²) in [5, 5.41) is 14.0. The highest BCUT2D eigenvalue weighted by molar-refractivity contribution is 5.73. The molecule has 1 atom stereocenters. The molecule has 0 rings (SSSR count). The summed E-state index contributed by atoms with van der Waals surface area (Å²) in [6.45, 7) is 3.57. The third kappa shape index (κ3) is 9.89. The molecule has 0 aliphatic heterocycles. The summed E-state index contributed by atoms with van der Waals surface area (Å²) >= 11 is 0. The Labute approximate surface area is 108 Å². The molecule has 0 bridgehead atoms. The highest BCUT2D eigenvalue weighted by atomic mass is 16.5. The molecule has 0 radical (unpaired) electrons. The van der Waals surface area contributed by atoms with Crippen molar-refractivity contribution in [2.24, 2.45) is 5.92 Å². The molecule has 0 saturated heterocycles. The lowest BCUT2D eigenvalue weighted by Gasteiger charge is -2.14. The standard InChI is InChI=1S/C12H24N2O4/c1-3-10(4-5-11(15)16)6-7-13-12(17)14-8-9-18-2/h10H,3-9H2,1-2H3,(H,15,16)(H2,13,14,17). The first-order valence-corrected chi connectivity index (χ1v) is 6.32. The third-order valence-electron chi connectivity index (χ3n) is 2.77. The molecule has 106 valence electrons. The maximum absolute atomic E-state index is 11.3. The van der Waals surface area contributed by atoms with Crippen LogP contribution in [0.3, 0.4) is 0 Å². The summed E-state index contributed by atoms with van der Waals surface area (Å²) in [5.41, 5.74) is 0. The van der Waals surface area contributed by atoms with E-state index in [0.29, 0.717) is 32.0 Å². The summed E-state index contributed by atoms with van der Waals surface area (Å²) in [4.78, 5) is 21.7. The molecule has 18 heavy (non-hydrogen) atoms. The zero-order valence-electron chi connectivity index (χ0n) is 11.2. The highest BCUT2D eigenvalue weighted by Crippen LogP contribution is 2.14. The van der Waals surface area contributed by atoms with Crippen LogP contribution in [0.4, 0.5) is 4.79 Å². The molecular weight excluding hydrogens is 236 g/mol.